The first-order valence-electron chi connectivity index (χ1n) is 5.84. The van der Waals surface area contributed by atoms with Gasteiger partial charge in [0, 0.05) is 26.3 Å². The topological polar surface area (TPSA) is 68.0 Å². The summed E-state index contributed by atoms with van der Waals surface area (Å²) in [4.78, 5) is 15.3. The van der Waals surface area contributed by atoms with Gasteiger partial charge < -0.3 is 9.84 Å². The molecule has 0 aliphatic heterocycles. The SMILES string of the molecule is CNC(=O)CCc1nc(Cc2ccccc2)no1. The number of amides is 1. The molecule has 1 aromatic carbocycles. The lowest BCUT2D eigenvalue weighted by Gasteiger charge is -1.95. The van der Waals surface area contributed by atoms with Crippen molar-refractivity contribution >= 4 is 5.91 Å². The fourth-order valence-electron chi connectivity index (χ4n) is 1.59. The van der Waals surface area contributed by atoms with Crippen molar-refractivity contribution in [2.75, 3.05) is 7.05 Å². The van der Waals surface area contributed by atoms with E-state index in [0.29, 0.717) is 31.0 Å². The maximum Gasteiger partial charge on any atom is 0.227 e. The lowest BCUT2D eigenvalue weighted by atomic mass is 10.1. The largest absolute Gasteiger partial charge is 0.359 e. The van der Waals surface area contributed by atoms with Gasteiger partial charge in [-0.15, -0.1) is 0 Å². The monoisotopic (exact) mass is 245 g/mol. The van der Waals surface area contributed by atoms with Crippen molar-refractivity contribution in [2.24, 2.45) is 0 Å². The van der Waals surface area contributed by atoms with Crippen molar-refractivity contribution in [1.82, 2.24) is 15.5 Å². The first kappa shape index (κ1) is 12.3. The number of rotatable bonds is 5. The molecule has 18 heavy (non-hydrogen) atoms. The molecule has 0 saturated carbocycles. The van der Waals surface area contributed by atoms with E-state index in [1.54, 1.807) is 7.05 Å². The third kappa shape index (κ3) is 3.41. The Morgan fingerprint density at radius 2 is 2.11 bits per heavy atom. The molecule has 0 spiro atoms. The van der Waals surface area contributed by atoms with E-state index in [-0.39, 0.29) is 5.91 Å². The van der Waals surface area contributed by atoms with Crippen LogP contribution in [0.3, 0.4) is 0 Å². The Morgan fingerprint density at radius 3 is 2.83 bits per heavy atom. The molecular formula is C13H15N3O2. The van der Waals surface area contributed by atoms with E-state index < -0.39 is 0 Å². The van der Waals surface area contributed by atoms with Crippen LogP contribution in [0.4, 0.5) is 0 Å². The van der Waals surface area contributed by atoms with Crippen LogP contribution in [0.1, 0.15) is 23.7 Å². The van der Waals surface area contributed by atoms with E-state index >= 15 is 0 Å². The maximum atomic E-state index is 11.1. The molecule has 0 aliphatic carbocycles. The van der Waals surface area contributed by atoms with Gasteiger partial charge >= 0.3 is 0 Å². The zero-order valence-electron chi connectivity index (χ0n) is 10.2. The third-order valence-electron chi connectivity index (χ3n) is 2.56. The minimum absolute atomic E-state index is 0.0298. The van der Waals surface area contributed by atoms with E-state index in [9.17, 15) is 4.79 Å². The van der Waals surface area contributed by atoms with Crippen molar-refractivity contribution in [1.29, 1.82) is 0 Å². The number of aromatic nitrogens is 2. The average Bonchev–Trinajstić information content (AvgIpc) is 2.85. The molecule has 1 N–H and O–H groups in total. The number of hydrogen-bond donors (Lipinski definition) is 1. The second kappa shape index (κ2) is 5.95. The fourth-order valence-corrected chi connectivity index (χ4v) is 1.59. The Kier molecular flexibility index (Phi) is 4.06. The Balaban J connectivity index is 1.92. The van der Waals surface area contributed by atoms with Gasteiger partial charge in [0.2, 0.25) is 11.8 Å². The van der Waals surface area contributed by atoms with Crippen LogP contribution in [-0.4, -0.2) is 23.1 Å². The van der Waals surface area contributed by atoms with E-state index in [1.165, 1.54) is 0 Å². The molecular weight excluding hydrogens is 230 g/mol. The second-order valence-corrected chi connectivity index (χ2v) is 3.94. The summed E-state index contributed by atoms with van der Waals surface area (Å²) in [7, 11) is 1.61. The molecule has 1 aromatic heterocycles. The molecule has 0 aliphatic rings. The Morgan fingerprint density at radius 1 is 1.33 bits per heavy atom. The highest BCUT2D eigenvalue weighted by atomic mass is 16.5. The van der Waals surface area contributed by atoms with E-state index in [2.05, 4.69) is 15.5 Å². The van der Waals surface area contributed by atoms with Gasteiger partial charge in [0.15, 0.2) is 5.82 Å². The summed E-state index contributed by atoms with van der Waals surface area (Å²) >= 11 is 0. The molecule has 0 fully saturated rings. The minimum atomic E-state index is -0.0298. The molecule has 1 amide bonds. The number of benzene rings is 1. The summed E-state index contributed by atoms with van der Waals surface area (Å²) in [5.74, 6) is 1.12. The van der Waals surface area contributed by atoms with Crippen LogP contribution >= 0.6 is 0 Å². The van der Waals surface area contributed by atoms with Crippen LogP contribution in [-0.2, 0) is 17.6 Å². The summed E-state index contributed by atoms with van der Waals surface area (Å²) in [6.07, 6.45) is 1.48. The quantitative estimate of drug-likeness (QED) is 0.863. The zero-order chi connectivity index (χ0) is 12.8. The number of nitrogens with zero attached hydrogens (tertiary/aromatic N) is 2. The molecule has 0 unspecified atom stereocenters. The van der Waals surface area contributed by atoms with Gasteiger partial charge in [-0.3, -0.25) is 4.79 Å². The molecule has 1 heterocycles. The van der Waals surface area contributed by atoms with Crippen LogP contribution in [0.25, 0.3) is 0 Å². The van der Waals surface area contributed by atoms with Gasteiger partial charge in [-0.25, -0.2) is 0 Å². The normalized spacial score (nSPS) is 10.3. The number of nitrogens with one attached hydrogen (secondary N) is 1. The predicted molar refractivity (Wildman–Crippen MR) is 65.9 cm³/mol. The summed E-state index contributed by atoms with van der Waals surface area (Å²) < 4.78 is 5.09. The van der Waals surface area contributed by atoms with Gasteiger partial charge in [-0.05, 0) is 5.56 Å². The van der Waals surface area contributed by atoms with Crippen molar-refractivity contribution in [3.05, 3.63) is 47.6 Å². The van der Waals surface area contributed by atoms with Crippen molar-refractivity contribution in [3.8, 4) is 0 Å². The van der Waals surface area contributed by atoms with Crippen LogP contribution in [0.5, 0.6) is 0 Å². The van der Waals surface area contributed by atoms with Crippen LogP contribution in [0.15, 0.2) is 34.9 Å². The predicted octanol–water partition coefficient (Wildman–Crippen LogP) is 1.34. The number of carbonyl (C=O) groups excluding carboxylic acids is 1. The zero-order valence-corrected chi connectivity index (χ0v) is 10.2. The standard InChI is InChI=1S/C13H15N3O2/c1-14-12(17)7-8-13-15-11(16-18-13)9-10-5-3-2-4-6-10/h2-6H,7-9H2,1H3,(H,14,17). The summed E-state index contributed by atoms with van der Waals surface area (Å²) in [5, 5.41) is 6.45. The lowest BCUT2D eigenvalue weighted by Crippen LogP contribution is -2.17. The molecule has 0 bridgehead atoms. The van der Waals surface area contributed by atoms with Crippen LogP contribution in [0.2, 0.25) is 0 Å². The van der Waals surface area contributed by atoms with Gasteiger partial charge in [-0.1, -0.05) is 35.5 Å². The Hall–Kier alpha value is -2.17. The molecule has 0 saturated heterocycles. The highest BCUT2D eigenvalue weighted by Gasteiger charge is 2.08. The van der Waals surface area contributed by atoms with E-state index in [0.717, 1.165) is 5.56 Å². The van der Waals surface area contributed by atoms with E-state index in [1.807, 2.05) is 30.3 Å². The summed E-state index contributed by atoms with van der Waals surface area (Å²) in [6, 6.07) is 9.94. The minimum Gasteiger partial charge on any atom is -0.359 e. The van der Waals surface area contributed by atoms with Crippen LogP contribution in [0, 0.1) is 0 Å². The van der Waals surface area contributed by atoms with Gasteiger partial charge in [0.05, 0.1) is 0 Å². The van der Waals surface area contributed by atoms with Crippen molar-refractivity contribution < 1.29 is 9.32 Å². The number of carbonyl (C=O) groups is 1. The van der Waals surface area contributed by atoms with Gasteiger partial charge in [0.1, 0.15) is 0 Å². The highest BCUT2D eigenvalue weighted by Crippen LogP contribution is 2.07. The van der Waals surface area contributed by atoms with Gasteiger partial charge in [-0.2, -0.15) is 4.98 Å². The van der Waals surface area contributed by atoms with E-state index in [4.69, 9.17) is 4.52 Å². The molecule has 5 nitrogen and oxygen atoms in total. The molecule has 0 radical (unpaired) electrons. The molecule has 5 heteroatoms. The summed E-state index contributed by atoms with van der Waals surface area (Å²) in [6.45, 7) is 0. The smallest absolute Gasteiger partial charge is 0.227 e. The molecule has 94 valence electrons. The highest BCUT2D eigenvalue weighted by molar-refractivity contribution is 5.75. The molecule has 0 atom stereocenters. The molecule has 2 rings (SSSR count). The van der Waals surface area contributed by atoms with Crippen molar-refractivity contribution in [3.63, 3.8) is 0 Å². The lowest BCUT2D eigenvalue weighted by molar-refractivity contribution is -0.120. The second-order valence-electron chi connectivity index (χ2n) is 3.94. The first-order valence-corrected chi connectivity index (χ1v) is 5.84. The molecule has 2 aromatic rings. The fraction of sp³-hybridized carbons (Fsp3) is 0.308. The Bertz CT molecular complexity index is 508. The maximum absolute atomic E-state index is 11.1. The van der Waals surface area contributed by atoms with Gasteiger partial charge in [0.25, 0.3) is 0 Å². The van der Waals surface area contributed by atoms with Crippen molar-refractivity contribution in [2.45, 2.75) is 19.3 Å². The third-order valence-corrected chi connectivity index (χ3v) is 2.56. The van der Waals surface area contributed by atoms with Crippen LogP contribution < -0.4 is 5.32 Å². The number of aryl methyl sites for hydroxylation is 1. The average molecular weight is 245 g/mol. The first-order chi connectivity index (χ1) is 8.78. The summed E-state index contributed by atoms with van der Waals surface area (Å²) in [5.41, 5.74) is 1.14. The Labute approximate surface area is 105 Å². The number of hydrogen-bond acceptors (Lipinski definition) is 4.